The average Bonchev–Trinajstić information content (AvgIpc) is 2.48. The van der Waals surface area contributed by atoms with Gasteiger partial charge in [0, 0.05) is 13.3 Å². The van der Waals surface area contributed by atoms with E-state index in [1.807, 2.05) is 6.92 Å². The van der Waals surface area contributed by atoms with Crippen LogP contribution < -0.4 is 4.72 Å². The molecule has 0 spiro atoms. The largest absolute Gasteiger partial charge is 0.461 e. The smallest absolute Gasteiger partial charge is 0.336 e. The molecule has 3 atom stereocenters. The van der Waals surface area contributed by atoms with Crippen molar-refractivity contribution in [1.29, 1.82) is 0 Å². The maximum absolute atomic E-state index is 14.3. The van der Waals surface area contributed by atoms with Crippen LogP contribution in [0.25, 0.3) is 0 Å². The SMILES string of the molecule is CCCCC[C@H](F)[C@H]1NS(=O)(=O)OCC[C@H]1OC(C)=O. The zero-order valence-electron chi connectivity index (χ0n) is 11.8. The van der Waals surface area contributed by atoms with Crippen LogP contribution in [0, 0.1) is 0 Å². The minimum Gasteiger partial charge on any atom is -0.461 e. The van der Waals surface area contributed by atoms with Crippen LogP contribution in [-0.4, -0.2) is 39.3 Å². The van der Waals surface area contributed by atoms with Gasteiger partial charge in [0.25, 0.3) is 0 Å². The molecule has 8 heteroatoms. The first-order valence-electron chi connectivity index (χ1n) is 6.83. The highest BCUT2D eigenvalue weighted by Crippen LogP contribution is 2.21. The summed E-state index contributed by atoms with van der Waals surface area (Å²) in [4.78, 5) is 11.1. The summed E-state index contributed by atoms with van der Waals surface area (Å²) in [6.45, 7) is 3.07. The quantitative estimate of drug-likeness (QED) is 0.593. The lowest BCUT2D eigenvalue weighted by atomic mass is 9.99. The number of alkyl halides is 1. The first kappa shape index (κ1) is 17.3. The Morgan fingerprint density at radius 1 is 1.50 bits per heavy atom. The number of unbranched alkanes of at least 4 members (excludes halogenated alkanes) is 2. The van der Waals surface area contributed by atoms with Crippen LogP contribution in [0.2, 0.25) is 0 Å². The van der Waals surface area contributed by atoms with Crippen LogP contribution in [0.4, 0.5) is 4.39 Å². The Kier molecular flexibility index (Phi) is 6.84. The molecule has 0 bridgehead atoms. The number of rotatable bonds is 6. The van der Waals surface area contributed by atoms with Crippen LogP contribution in [0.1, 0.15) is 46.0 Å². The molecule has 1 aliphatic rings. The minimum absolute atomic E-state index is 0.133. The van der Waals surface area contributed by atoms with E-state index in [4.69, 9.17) is 4.74 Å². The zero-order valence-corrected chi connectivity index (χ0v) is 12.6. The number of ether oxygens (including phenoxy) is 1. The van der Waals surface area contributed by atoms with Crippen LogP contribution in [-0.2, 0) is 24.0 Å². The van der Waals surface area contributed by atoms with E-state index >= 15 is 0 Å². The number of hydrogen-bond donors (Lipinski definition) is 1. The van der Waals surface area contributed by atoms with Gasteiger partial charge in [-0.2, -0.15) is 13.1 Å². The lowest BCUT2D eigenvalue weighted by Gasteiger charge is -2.26. The molecule has 118 valence electrons. The highest BCUT2D eigenvalue weighted by Gasteiger charge is 2.37. The van der Waals surface area contributed by atoms with Gasteiger partial charge in [-0.25, -0.2) is 4.39 Å². The minimum atomic E-state index is -3.99. The van der Waals surface area contributed by atoms with Crippen molar-refractivity contribution in [2.45, 2.75) is 64.3 Å². The van der Waals surface area contributed by atoms with E-state index in [9.17, 15) is 17.6 Å². The molecule has 0 aromatic heterocycles. The van der Waals surface area contributed by atoms with Gasteiger partial charge in [0.05, 0.1) is 12.6 Å². The van der Waals surface area contributed by atoms with Crippen molar-refractivity contribution in [3.8, 4) is 0 Å². The summed E-state index contributed by atoms with van der Waals surface area (Å²) >= 11 is 0. The maximum Gasteiger partial charge on any atom is 0.336 e. The third-order valence-electron chi connectivity index (χ3n) is 3.11. The number of carbonyl (C=O) groups is 1. The van der Waals surface area contributed by atoms with Crippen molar-refractivity contribution in [2.75, 3.05) is 6.61 Å². The first-order valence-corrected chi connectivity index (χ1v) is 8.24. The molecule has 0 amide bonds. The lowest BCUT2D eigenvalue weighted by Crippen LogP contribution is -2.49. The van der Waals surface area contributed by atoms with E-state index in [0.29, 0.717) is 6.42 Å². The van der Waals surface area contributed by atoms with Crippen LogP contribution in [0.3, 0.4) is 0 Å². The summed E-state index contributed by atoms with van der Waals surface area (Å²) in [7, 11) is -3.99. The number of carbonyl (C=O) groups excluding carboxylic acids is 1. The Balaban J connectivity index is 2.77. The van der Waals surface area contributed by atoms with E-state index in [-0.39, 0.29) is 19.4 Å². The monoisotopic (exact) mass is 311 g/mol. The van der Waals surface area contributed by atoms with E-state index in [1.54, 1.807) is 0 Å². The standard InChI is InChI=1S/C12H22FNO5S/c1-3-4-5-6-10(13)12-11(19-9(2)15)7-8-18-20(16,17)14-12/h10-12,14H,3-8H2,1-2H3/t10-,11+,12+/m0/s1. The summed E-state index contributed by atoms with van der Waals surface area (Å²) in [6.07, 6.45) is 0.574. The summed E-state index contributed by atoms with van der Waals surface area (Å²) in [5.74, 6) is -0.568. The lowest BCUT2D eigenvalue weighted by molar-refractivity contribution is -0.148. The number of esters is 1. The average molecular weight is 311 g/mol. The molecule has 1 rings (SSSR count). The van der Waals surface area contributed by atoms with Gasteiger partial charge in [0.1, 0.15) is 12.3 Å². The molecule has 20 heavy (non-hydrogen) atoms. The van der Waals surface area contributed by atoms with Crippen molar-refractivity contribution < 1.29 is 26.5 Å². The summed E-state index contributed by atoms with van der Waals surface area (Å²) < 4.78 is 49.0. The Morgan fingerprint density at radius 3 is 2.80 bits per heavy atom. The highest BCUT2D eigenvalue weighted by atomic mass is 32.2. The fraction of sp³-hybridized carbons (Fsp3) is 0.917. The Morgan fingerprint density at radius 2 is 2.20 bits per heavy atom. The Labute approximate surface area is 119 Å². The molecule has 0 aromatic rings. The molecule has 0 aliphatic carbocycles. The van der Waals surface area contributed by atoms with Gasteiger partial charge in [-0.3, -0.25) is 8.98 Å². The second kappa shape index (κ2) is 7.90. The summed E-state index contributed by atoms with van der Waals surface area (Å²) in [5.41, 5.74) is 0. The fourth-order valence-electron chi connectivity index (χ4n) is 2.15. The molecule has 0 aromatic carbocycles. The normalized spacial score (nSPS) is 27.6. The number of hydrogen-bond acceptors (Lipinski definition) is 5. The zero-order chi connectivity index (χ0) is 15.2. The Hall–Kier alpha value is -0.730. The molecule has 1 N–H and O–H groups in total. The molecule has 1 heterocycles. The molecular formula is C12H22FNO5S. The van der Waals surface area contributed by atoms with Gasteiger partial charge >= 0.3 is 16.3 Å². The third-order valence-corrected chi connectivity index (χ3v) is 4.15. The van der Waals surface area contributed by atoms with Gasteiger partial charge in [0.2, 0.25) is 0 Å². The molecule has 0 unspecified atom stereocenters. The molecule has 1 saturated heterocycles. The van der Waals surface area contributed by atoms with E-state index in [2.05, 4.69) is 8.91 Å². The van der Waals surface area contributed by atoms with Crippen molar-refractivity contribution in [2.24, 2.45) is 0 Å². The predicted molar refractivity (Wildman–Crippen MR) is 71.0 cm³/mol. The number of halogens is 1. The first-order chi connectivity index (χ1) is 9.35. The van der Waals surface area contributed by atoms with Crippen molar-refractivity contribution >= 4 is 16.3 Å². The van der Waals surface area contributed by atoms with Crippen LogP contribution >= 0.6 is 0 Å². The second-order valence-electron chi connectivity index (χ2n) is 4.87. The van der Waals surface area contributed by atoms with Gasteiger partial charge in [-0.15, -0.1) is 0 Å². The van der Waals surface area contributed by atoms with E-state index in [0.717, 1.165) is 12.8 Å². The third kappa shape index (κ3) is 5.72. The van der Waals surface area contributed by atoms with E-state index < -0.39 is 34.6 Å². The summed E-state index contributed by atoms with van der Waals surface area (Å²) in [6, 6.07) is -1.09. The van der Waals surface area contributed by atoms with Gasteiger partial charge in [-0.05, 0) is 6.42 Å². The molecular weight excluding hydrogens is 289 g/mol. The predicted octanol–water partition coefficient (Wildman–Crippen LogP) is 1.46. The van der Waals surface area contributed by atoms with Crippen LogP contribution in [0.15, 0.2) is 0 Å². The second-order valence-corrected chi connectivity index (χ2v) is 6.25. The molecule has 0 saturated carbocycles. The van der Waals surface area contributed by atoms with Crippen LogP contribution in [0.5, 0.6) is 0 Å². The van der Waals surface area contributed by atoms with Crippen molar-refractivity contribution in [1.82, 2.24) is 4.72 Å². The fourth-order valence-corrected chi connectivity index (χ4v) is 3.17. The molecule has 6 nitrogen and oxygen atoms in total. The van der Waals surface area contributed by atoms with Crippen molar-refractivity contribution in [3.63, 3.8) is 0 Å². The maximum atomic E-state index is 14.3. The molecule has 1 aliphatic heterocycles. The molecule has 0 radical (unpaired) electrons. The van der Waals surface area contributed by atoms with Gasteiger partial charge < -0.3 is 4.74 Å². The summed E-state index contributed by atoms with van der Waals surface area (Å²) in [5, 5.41) is 0. The Bertz CT molecular complexity index is 414. The van der Waals surface area contributed by atoms with Gasteiger partial charge in [0.15, 0.2) is 0 Å². The highest BCUT2D eigenvalue weighted by molar-refractivity contribution is 7.84. The van der Waals surface area contributed by atoms with E-state index in [1.165, 1.54) is 6.92 Å². The van der Waals surface area contributed by atoms with Crippen molar-refractivity contribution in [3.05, 3.63) is 0 Å². The van der Waals surface area contributed by atoms with Gasteiger partial charge in [-0.1, -0.05) is 26.2 Å². The topological polar surface area (TPSA) is 81.7 Å². The molecule has 1 fully saturated rings. The number of nitrogens with one attached hydrogen (secondary N) is 1.